The summed E-state index contributed by atoms with van der Waals surface area (Å²) >= 11 is 0. The Hall–Kier alpha value is -4.39. The van der Waals surface area contributed by atoms with Crippen molar-refractivity contribution in [2.75, 3.05) is 50.8 Å². The number of piperazine rings is 1. The maximum Gasteiger partial charge on any atom is 0.410 e. The van der Waals surface area contributed by atoms with Crippen molar-refractivity contribution in [3.8, 4) is 22.9 Å². The van der Waals surface area contributed by atoms with Gasteiger partial charge in [0.25, 0.3) is 0 Å². The number of halogens is 4. The topological polar surface area (TPSA) is 91.3 Å². The number of hydrogen-bond acceptors (Lipinski definition) is 8. The zero-order valence-corrected chi connectivity index (χ0v) is 28.7. The SMILES string of the molecule is CCc1c(F)ccc2cc(O)cc(-c3c(F)cc4c(N5CCN(C(=O)OC(C)(C)C)CC5)nc(OC[C@@]56CCCN5C[C@H](F)C6)nc4c3F)c12. The fourth-order valence-electron chi connectivity index (χ4n) is 7.83. The molecule has 1 aromatic heterocycles. The van der Waals surface area contributed by atoms with Gasteiger partial charge in [-0.05, 0) is 92.7 Å². The predicted octanol–water partition coefficient (Wildman–Crippen LogP) is 7.15. The van der Waals surface area contributed by atoms with Gasteiger partial charge in [-0.3, -0.25) is 4.90 Å². The number of aryl methyl sites for hydroxylation is 1. The Kier molecular flexibility index (Phi) is 8.68. The van der Waals surface area contributed by atoms with E-state index in [4.69, 9.17) is 9.47 Å². The molecule has 1 amide bonds. The van der Waals surface area contributed by atoms with Crippen LogP contribution in [0.4, 0.5) is 28.2 Å². The molecular formula is C37H41F4N5O4. The number of phenols is 1. The number of carbonyl (C=O) groups excluding carboxylic acids is 1. The van der Waals surface area contributed by atoms with Crippen LogP contribution in [0.5, 0.6) is 11.8 Å². The summed E-state index contributed by atoms with van der Waals surface area (Å²) in [5.41, 5.74) is -1.64. The molecule has 50 heavy (non-hydrogen) atoms. The lowest BCUT2D eigenvalue weighted by atomic mass is 9.91. The van der Waals surface area contributed by atoms with Gasteiger partial charge in [-0.15, -0.1) is 0 Å². The molecule has 0 unspecified atom stereocenters. The molecule has 0 saturated carbocycles. The summed E-state index contributed by atoms with van der Waals surface area (Å²) in [6, 6.07) is 6.38. The van der Waals surface area contributed by atoms with Crippen molar-refractivity contribution in [3.05, 3.63) is 53.3 Å². The molecule has 266 valence electrons. The number of ether oxygens (including phenoxy) is 2. The molecule has 3 aliphatic rings. The van der Waals surface area contributed by atoms with Crippen LogP contribution in [0.25, 0.3) is 32.8 Å². The highest BCUT2D eigenvalue weighted by molar-refractivity contribution is 6.03. The number of rotatable bonds is 6. The molecule has 3 aliphatic heterocycles. The third kappa shape index (κ3) is 6.13. The fraction of sp³-hybridized carbons (Fsp3) is 0.486. The number of amides is 1. The Morgan fingerprint density at radius 1 is 1.04 bits per heavy atom. The molecule has 0 bridgehead atoms. The van der Waals surface area contributed by atoms with E-state index in [1.54, 1.807) is 32.6 Å². The van der Waals surface area contributed by atoms with E-state index >= 15 is 13.2 Å². The first-order valence-corrected chi connectivity index (χ1v) is 17.2. The number of alkyl halides is 1. The largest absolute Gasteiger partial charge is 0.508 e. The second-order valence-electron chi connectivity index (χ2n) is 14.6. The van der Waals surface area contributed by atoms with E-state index in [9.17, 15) is 14.3 Å². The summed E-state index contributed by atoms with van der Waals surface area (Å²) in [6.45, 7) is 9.40. The van der Waals surface area contributed by atoms with Crippen LogP contribution in [-0.4, -0.2) is 94.2 Å². The maximum atomic E-state index is 17.0. The van der Waals surface area contributed by atoms with Crippen LogP contribution < -0.4 is 9.64 Å². The van der Waals surface area contributed by atoms with Crippen LogP contribution in [0, 0.1) is 17.5 Å². The van der Waals surface area contributed by atoms with Crippen molar-refractivity contribution < 1.29 is 36.9 Å². The number of carbonyl (C=O) groups is 1. The Morgan fingerprint density at radius 2 is 1.80 bits per heavy atom. The Morgan fingerprint density at radius 3 is 2.52 bits per heavy atom. The first kappa shape index (κ1) is 34.1. The number of anilines is 1. The quantitative estimate of drug-likeness (QED) is 0.213. The summed E-state index contributed by atoms with van der Waals surface area (Å²) in [6.07, 6.45) is 0.758. The summed E-state index contributed by atoms with van der Waals surface area (Å²) in [5, 5.41) is 11.4. The van der Waals surface area contributed by atoms with E-state index in [0.29, 0.717) is 18.4 Å². The Balaban J connectivity index is 1.33. The molecule has 13 heteroatoms. The van der Waals surface area contributed by atoms with Crippen molar-refractivity contribution >= 4 is 33.6 Å². The summed E-state index contributed by atoms with van der Waals surface area (Å²) in [4.78, 5) is 27.3. The van der Waals surface area contributed by atoms with Gasteiger partial charge in [0.15, 0.2) is 5.82 Å². The van der Waals surface area contributed by atoms with Crippen LogP contribution in [-0.2, 0) is 11.2 Å². The van der Waals surface area contributed by atoms with Gasteiger partial charge in [-0.25, -0.2) is 22.4 Å². The van der Waals surface area contributed by atoms with E-state index in [1.165, 1.54) is 24.3 Å². The molecule has 4 heterocycles. The molecule has 2 atom stereocenters. The van der Waals surface area contributed by atoms with Crippen LogP contribution in [0.15, 0.2) is 30.3 Å². The van der Waals surface area contributed by atoms with E-state index in [-0.39, 0.29) is 84.2 Å². The molecule has 4 aromatic rings. The number of aromatic nitrogens is 2. The first-order valence-electron chi connectivity index (χ1n) is 17.2. The molecule has 0 aliphatic carbocycles. The van der Waals surface area contributed by atoms with E-state index in [2.05, 4.69) is 14.9 Å². The average Bonchev–Trinajstić information content (AvgIpc) is 3.58. The Bertz CT molecular complexity index is 1980. The van der Waals surface area contributed by atoms with Crippen LogP contribution in [0.1, 0.15) is 52.5 Å². The summed E-state index contributed by atoms with van der Waals surface area (Å²) in [5.74, 6) is -2.51. The molecular weight excluding hydrogens is 654 g/mol. The lowest BCUT2D eigenvalue weighted by Gasteiger charge is -2.36. The van der Waals surface area contributed by atoms with Gasteiger partial charge in [0.05, 0.1) is 11.1 Å². The highest BCUT2D eigenvalue weighted by Crippen LogP contribution is 2.43. The summed E-state index contributed by atoms with van der Waals surface area (Å²) < 4.78 is 74.6. The first-order chi connectivity index (χ1) is 23.8. The van der Waals surface area contributed by atoms with Crippen LogP contribution in [0.2, 0.25) is 0 Å². The van der Waals surface area contributed by atoms with Gasteiger partial charge in [0.2, 0.25) is 0 Å². The number of nitrogens with zero attached hydrogens (tertiary/aromatic N) is 5. The molecule has 3 aromatic carbocycles. The minimum atomic E-state index is -1.02. The number of hydrogen-bond donors (Lipinski definition) is 1. The van der Waals surface area contributed by atoms with E-state index < -0.39 is 46.4 Å². The van der Waals surface area contributed by atoms with Crippen LogP contribution in [0.3, 0.4) is 0 Å². The number of fused-ring (bicyclic) bond motifs is 3. The standard InChI is InChI=1S/C37H41F4N5O4/c1-5-24-27(39)8-7-21-15-23(47)16-25(29(21)24)30-28(40)17-26-32(31(30)41)42-34(49-20-37-9-6-10-46(37)19-22(38)18-37)43-33(26)44-11-13-45(14-12-44)35(48)50-36(2,3)4/h7-8,15-17,22,47H,5-6,9-14,18-20H2,1-4H3/t22-,37+/m1/s1. The fourth-order valence-corrected chi connectivity index (χ4v) is 7.83. The number of benzene rings is 3. The second-order valence-corrected chi connectivity index (χ2v) is 14.6. The van der Waals surface area contributed by atoms with Gasteiger partial charge in [0.1, 0.15) is 47.1 Å². The third-order valence-electron chi connectivity index (χ3n) is 10.1. The molecule has 9 nitrogen and oxygen atoms in total. The third-order valence-corrected chi connectivity index (χ3v) is 10.1. The lowest BCUT2D eigenvalue weighted by molar-refractivity contribution is 0.0240. The van der Waals surface area contributed by atoms with E-state index in [1.807, 2.05) is 4.90 Å². The van der Waals surface area contributed by atoms with Gasteiger partial charge in [0, 0.05) is 44.5 Å². The summed E-state index contributed by atoms with van der Waals surface area (Å²) in [7, 11) is 0. The van der Waals surface area contributed by atoms with Crippen molar-refractivity contribution in [2.24, 2.45) is 0 Å². The zero-order valence-electron chi connectivity index (χ0n) is 28.7. The van der Waals surface area contributed by atoms with Gasteiger partial charge < -0.3 is 24.4 Å². The Labute approximate surface area is 287 Å². The molecule has 0 radical (unpaired) electrons. The zero-order chi connectivity index (χ0) is 35.5. The molecule has 1 N–H and O–H groups in total. The highest BCUT2D eigenvalue weighted by Gasteiger charge is 2.49. The van der Waals surface area contributed by atoms with Gasteiger partial charge in [-0.1, -0.05) is 13.0 Å². The van der Waals surface area contributed by atoms with Gasteiger partial charge >= 0.3 is 12.1 Å². The average molecular weight is 696 g/mol. The monoisotopic (exact) mass is 695 g/mol. The normalized spacial score (nSPS) is 21.3. The number of aromatic hydroxyl groups is 1. The van der Waals surface area contributed by atoms with Crippen molar-refractivity contribution in [2.45, 2.75) is 70.7 Å². The molecule has 7 rings (SSSR count). The molecule has 3 fully saturated rings. The van der Waals surface area contributed by atoms with Crippen molar-refractivity contribution in [3.63, 3.8) is 0 Å². The van der Waals surface area contributed by atoms with Gasteiger partial charge in [-0.2, -0.15) is 9.97 Å². The second kappa shape index (κ2) is 12.7. The van der Waals surface area contributed by atoms with Crippen molar-refractivity contribution in [1.82, 2.24) is 19.8 Å². The lowest BCUT2D eigenvalue weighted by Crippen LogP contribution is -2.50. The molecule has 3 saturated heterocycles. The van der Waals surface area contributed by atoms with Crippen molar-refractivity contribution in [1.29, 1.82) is 0 Å². The highest BCUT2D eigenvalue weighted by atomic mass is 19.1. The minimum Gasteiger partial charge on any atom is -0.508 e. The van der Waals surface area contributed by atoms with Crippen LogP contribution >= 0.6 is 0 Å². The minimum absolute atomic E-state index is 0.0118. The maximum absolute atomic E-state index is 17.0. The molecule has 0 spiro atoms. The predicted molar refractivity (Wildman–Crippen MR) is 182 cm³/mol. The smallest absolute Gasteiger partial charge is 0.410 e. The number of phenolic OH excluding ortho intramolecular Hbond substituents is 1. The van der Waals surface area contributed by atoms with E-state index in [0.717, 1.165) is 25.5 Å².